The Balaban J connectivity index is 2.27. The average Bonchev–Trinajstić information content (AvgIpc) is 2.46. The summed E-state index contributed by atoms with van der Waals surface area (Å²) in [7, 11) is -3.72. The summed E-state index contributed by atoms with van der Waals surface area (Å²) in [6.45, 7) is 3.82. The van der Waals surface area contributed by atoms with Gasteiger partial charge in [0.25, 0.3) is 0 Å². The first-order chi connectivity index (χ1) is 9.92. The predicted molar refractivity (Wildman–Crippen MR) is 81.0 cm³/mol. The van der Waals surface area contributed by atoms with Gasteiger partial charge < -0.3 is 0 Å². The molecule has 21 heavy (non-hydrogen) atoms. The Morgan fingerprint density at radius 1 is 0.952 bits per heavy atom. The van der Waals surface area contributed by atoms with Crippen molar-refractivity contribution < 1.29 is 8.42 Å². The number of nitrogens with zero attached hydrogens (tertiary/aromatic N) is 1. The first kappa shape index (κ1) is 15.2. The van der Waals surface area contributed by atoms with E-state index in [1.54, 1.807) is 24.3 Å². The molecule has 0 saturated heterocycles. The predicted octanol–water partition coefficient (Wildman–Crippen LogP) is 2.85. The highest BCUT2D eigenvalue weighted by Crippen LogP contribution is 2.17. The van der Waals surface area contributed by atoms with Crippen LogP contribution in [-0.4, -0.2) is 8.42 Å². The molecule has 0 aromatic heterocycles. The zero-order valence-corrected chi connectivity index (χ0v) is 12.7. The first-order valence-corrected chi connectivity index (χ1v) is 7.96. The maximum absolute atomic E-state index is 12.3. The van der Waals surface area contributed by atoms with E-state index in [9.17, 15) is 13.7 Å². The molecule has 0 amide bonds. The van der Waals surface area contributed by atoms with Crippen molar-refractivity contribution in [3.8, 4) is 6.07 Å². The fraction of sp³-hybridized carbons (Fsp3) is 0.188. The standard InChI is InChI=1S/C16H16N2O2S/c1-12-3-7-14(8-4-12)16(11-17)18-21(19,20)15-9-5-13(2)6-10-15/h3-10,16,18H,1-2H3/t16-/m1/s1. The second kappa shape index (κ2) is 6.08. The van der Waals surface area contributed by atoms with Gasteiger partial charge in [0.2, 0.25) is 10.0 Å². The molecule has 1 atom stereocenters. The van der Waals surface area contributed by atoms with Gasteiger partial charge in [-0.1, -0.05) is 47.5 Å². The molecule has 2 aromatic carbocycles. The van der Waals surface area contributed by atoms with E-state index in [1.807, 2.05) is 32.0 Å². The summed E-state index contributed by atoms with van der Waals surface area (Å²) in [6.07, 6.45) is 0. The van der Waals surface area contributed by atoms with E-state index >= 15 is 0 Å². The highest BCUT2D eigenvalue weighted by atomic mass is 32.2. The number of hydrogen-bond donors (Lipinski definition) is 1. The van der Waals surface area contributed by atoms with Gasteiger partial charge in [0.1, 0.15) is 6.04 Å². The Labute approximate surface area is 125 Å². The molecule has 2 rings (SSSR count). The van der Waals surface area contributed by atoms with Crippen LogP contribution in [0.25, 0.3) is 0 Å². The average molecular weight is 300 g/mol. The van der Waals surface area contributed by atoms with E-state index in [0.717, 1.165) is 11.1 Å². The lowest BCUT2D eigenvalue weighted by molar-refractivity contribution is 0.575. The summed E-state index contributed by atoms with van der Waals surface area (Å²) in [5, 5.41) is 9.23. The van der Waals surface area contributed by atoms with Crippen LogP contribution < -0.4 is 4.72 Å². The van der Waals surface area contributed by atoms with Crippen LogP contribution in [0.1, 0.15) is 22.7 Å². The van der Waals surface area contributed by atoms with Crippen LogP contribution in [0, 0.1) is 25.2 Å². The van der Waals surface area contributed by atoms with E-state index < -0.39 is 16.1 Å². The summed E-state index contributed by atoms with van der Waals surface area (Å²) < 4.78 is 27.0. The normalized spacial score (nSPS) is 12.6. The summed E-state index contributed by atoms with van der Waals surface area (Å²) in [4.78, 5) is 0.153. The van der Waals surface area contributed by atoms with E-state index in [-0.39, 0.29) is 4.90 Å². The molecule has 4 nitrogen and oxygen atoms in total. The maximum Gasteiger partial charge on any atom is 0.241 e. The molecule has 0 unspecified atom stereocenters. The molecule has 0 saturated carbocycles. The summed E-state index contributed by atoms with van der Waals surface area (Å²) in [5.74, 6) is 0. The molecule has 0 aliphatic carbocycles. The van der Waals surface area contributed by atoms with Gasteiger partial charge >= 0.3 is 0 Å². The van der Waals surface area contributed by atoms with Crippen molar-refractivity contribution in [2.24, 2.45) is 0 Å². The fourth-order valence-corrected chi connectivity index (χ4v) is 3.00. The number of sulfonamides is 1. The minimum absolute atomic E-state index is 0.153. The van der Waals surface area contributed by atoms with Crippen LogP contribution >= 0.6 is 0 Å². The van der Waals surface area contributed by atoms with Crippen molar-refractivity contribution in [1.82, 2.24) is 4.72 Å². The molecule has 0 spiro atoms. The molecule has 0 radical (unpaired) electrons. The minimum Gasteiger partial charge on any atom is -0.207 e. The SMILES string of the molecule is Cc1ccc([C@@H](C#N)NS(=O)(=O)c2ccc(C)cc2)cc1. The molecule has 1 N–H and O–H groups in total. The molecule has 0 heterocycles. The van der Waals surface area contributed by atoms with E-state index in [1.165, 1.54) is 12.1 Å². The van der Waals surface area contributed by atoms with Gasteiger partial charge in [-0.2, -0.15) is 9.98 Å². The second-order valence-electron chi connectivity index (χ2n) is 4.91. The lowest BCUT2D eigenvalue weighted by Gasteiger charge is -2.13. The van der Waals surface area contributed by atoms with Crippen LogP contribution in [0.15, 0.2) is 53.4 Å². The Morgan fingerprint density at radius 2 is 1.43 bits per heavy atom. The van der Waals surface area contributed by atoms with Crippen LogP contribution in [0.5, 0.6) is 0 Å². The number of nitriles is 1. The van der Waals surface area contributed by atoms with Crippen molar-refractivity contribution in [3.63, 3.8) is 0 Å². The zero-order valence-electron chi connectivity index (χ0n) is 11.9. The summed E-state index contributed by atoms with van der Waals surface area (Å²) >= 11 is 0. The van der Waals surface area contributed by atoms with E-state index in [0.29, 0.717) is 5.56 Å². The van der Waals surface area contributed by atoms with Gasteiger partial charge in [-0.3, -0.25) is 0 Å². The smallest absolute Gasteiger partial charge is 0.207 e. The number of rotatable bonds is 4. The second-order valence-corrected chi connectivity index (χ2v) is 6.62. The number of aryl methyl sites for hydroxylation is 2. The van der Waals surface area contributed by atoms with Gasteiger partial charge in [-0.15, -0.1) is 0 Å². The van der Waals surface area contributed by atoms with Gasteiger partial charge in [-0.25, -0.2) is 8.42 Å². The highest BCUT2D eigenvalue weighted by Gasteiger charge is 2.20. The first-order valence-electron chi connectivity index (χ1n) is 6.47. The third-order valence-electron chi connectivity index (χ3n) is 3.14. The topological polar surface area (TPSA) is 70.0 Å². The number of benzene rings is 2. The largest absolute Gasteiger partial charge is 0.241 e. The Kier molecular flexibility index (Phi) is 4.41. The van der Waals surface area contributed by atoms with Gasteiger partial charge in [0.15, 0.2) is 0 Å². The summed E-state index contributed by atoms with van der Waals surface area (Å²) in [5.41, 5.74) is 2.65. The molecule has 2 aromatic rings. The molecular weight excluding hydrogens is 284 g/mol. The van der Waals surface area contributed by atoms with Gasteiger partial charge in [-0.05, 0) is 31.5 Å². The quantitative estimate of drug-likeness (QED) is 0.944. The minimum atomic E-state index is -3.72. The van der Waals surface area contributed by atoms with Gasteiger partial charge in [0.05, 0.1) is 11.0 Å². The summed E-state index contributed by atoms with van der Waals surface area (Å²) in [6, 6.07) is 14.8. The molecular formula is C16H16N2O2S. The Hall–Kier alpha value is -2.16. The molecule has 0 aliphatic rings. The zero-order chi connectivity index (χ0) is 15.5. The maximum atomic E-state index is 12.3. The molecule has 5 heteroatoms. The van der Waals surface area contributed by atoms with Crippen molar-refractivity contribution >= 4 is 10.0 Å². The van der Waals surface area contributed by atoms with Crippen molar-refractivity contribution in [2.75, 3.05) is 0 Å². The number of hydrogen-bond acceptors (Lipinski definition) is 3. The number of nitrogens with one attached hydrogen (secondary N) is 1. The lowest BCUT2D eigenvalue weighted by Crippen LogP contribution is -2.27. The van der Waals surface area contributed by atoms with Crippen molar-refractivity contribution in [3.05, 3.63) is 65.2 Å². The molecule has 0 bridgehead atoms. The third kappa shape index (κ3) is 3.69. The van der Waals surface area contributed by atoms with Crippen LogP contribution in [0.4, 0.5) is 0 Å². The molecule has 0 fully saturated rings. The van der Waals surface area contributed by atoms with Crippen LogP contribution in [0.3, 0.4) is 0 Å². The van der Waals surface area contributed by atoms with Crippen molar-refractivity contribution in [2.45, 2.75) is 24.8 Å². The van der Waals surface area contributed by atoms with Gasteiger partial charge in [0, 0.05) is 0 Å². The lowest BCUT2D eigenvalue weighted by atomic mass is 10.1. The Bertz CT molecular complexity index is 757. The fourth-order valence-electron chi connectivity index (χ4n) is 1.87. The highest BCUT2D eigenvalue weighted by molar-refractivity contribution is 7.89. The van der Waals surface area contributed by atoms with E-state index in [4.69, 9.17) is 0 Å². The monoisotopic (exact) mass is 300 g/mol. The molecule has 108 valence electrons. The van der Waals surface area contributed by atoms with Crippen LogP contribution in [-0.2, 0) is 10.0 Å². The van der Waals surface area contributed by atoms with Crippen molar-refractivity contribution in [1.29, 1.82) is 5.26 Å². The molecule has 0 aliphatic heterocycles. The Morgan fingerprint density at radius 3 is 1.90 bits per heavy atom. The van der Waals surface area contributed by atoms with E-state index in [2.05, 4.69) is 4.72 Å². The van der Waals surface area contributed by atoms with Crippen LogP contribution in [0.2, 0.25) is 0 Å². The third-order valence-corrected chi connectivity index (χ3v) is 4.58.